The minimum Gasteiger partial charge on any atom is -0.497 e. The smallest absolute Gasteiger partial charge is 0.309 e. The summed E-state index contributed by atoms with van der Waals surface area (Å²) >= 11 is 0. The Morgan fingerprint density at radius 2 is 1.71 bits per heavy atom. The number of ether oxygens (including phenoxy) is 2. The molecule has 0 saturated heterocycles. The lowest BCUT2D eigenvalue weighted by molar-refractivity contribution is -0.163. The van der Waals surface area contributed by atoms with E-state index in [0.717, 1.165) is 24.8 Å². The topological polar surface area (TPSA) is 114 Å². The monoisotopic (exact) mass is 490 g/mol. The fourth-order valence-electron chi connectivity index (χ4n) is 4.76. The van der Waals surface area contributed by atoms with E-state index in [9.17, 15) is 19.5 Å². The van der Waals surface area contributed by atoms with Gasteiger partial charge >= 0.3 is 5.97 Å². The van der Waals surface area contributed by atoms with E-state index < -0.39 is 28.9 Å². The lowest BCUT2D eigenvalue weighted by Crippen LogP contribution is -2.53. The number of aliphatic hydroxyl groups excluding tert-OH is 1. The van der Waals surface area contributed by atoms with E-state index in [1.165, 1.54) is 0 Å². The van der Waals surface area contributed by atoms with Crippen molar-refractivity contribution in [2.45, 2.75) is 83.8 Å². The van der Waals surface area contributed by atoms with Crippen LogP contribution in [0, 0.1) is 11.3 Å². The van der Waals surface area contributed by atoms with Crippen molar-refractivity contribution in [1.29, 1.82) is 0 Å². The van der Waals surface area contributed by atoms with Gasteiger partial charge in [0.05, 0.1) is 18.4 Å². The molecule has 196 valence electrons. The summed E-state index contributed by atoms with van der Waals surface area (Å²) in [5.74, 6) is -0.772. The highest BCUT2D eigenvalue weighted by Crippen LogP contribution is 2.43. The maximum absolute atomic E-state index is 13.8. The Bertz CT molecular complexity index is 840. The molecular formula is C27H42N2O6. The number of hydrogen-bond acceptors (Lipinski definition) is 6. The maximum atomic E-state index is 13.8. The molecule has 0 spiro atoms. The predicted octanol–water partition coefficient (Wildman–Crippen LogP) is 3.15. The second-order valence-corrected chi connectivity index (χ2v) is 10.5. The number of likely N-dealkylation sites (N-methyl/N-ethyl adjacent to an activating group) is 1. The van der Waals surface area contributed by atoms with Gasteiger partial charge in [0, 0.05) is 20.1 Å². The summed E-state index contributed by atoms with van der Waals surface area (Å²) in [7, 11) is 3.14. The van der Waals surface area contributed by atoms with Gasteiger partial charge in [-0.25, -0.2) is 0 Å². The number of benzene rings is 1. The Morgan fingerprint density at radius 3 is 2.23 bits per heavy atom. The largest absolute Gasteiger partial charge is 0.497 e. The highest BCUT2D eigenvalue weighted by atomic mass is 16.6. The fraction of sp³-hybridized carbons (Fsp3) is 0.667. The Hall–Kier alpha value is -2.61. The van der Waals surface area contributed by atoms with Gasteiger partial charge in [-0.2, -0.15) is 0 Å². The number of methoxy groups -OCH3 is 1. The van der Waals surface area contributed by atoms with Crippen LogP contribution in [-0.2, 0) is 25.5 Å². The Morgan fingerprint density at radius 1 is 1.09 bits per heavy atom. The molecule has 1 aliphatic rings. The van der Waals surface area contributed by atoms with Gasteiger partial charge in [0.2, 0.25) is 11.8 Å². The maximum Gasteiger partial charge on any atom is 0.309 e. The van der Waals surface area contributed by atoms with Crippen LogP contribution in [0.4, 0.5) is 0 Å². The van der Waals surface area contributed by atoms with Crippen molar-refractivity contribution < 1.29 is 29.0 Å². The normalized spacial score (nSPS) is 17.1. The molecule has 2 unspecified atom stereocenters. The summed E-state index contributed by atoms with van der Waals surface area (Å²) in [6.07, 6.45) is 4.88. The summed E-state index contributed by atoms with van der Waals surface area (Å²) < 4.78 is 10.8. The van der Waals surface area contributed by atoms with Crippen molar-refractivity contribution in [3.8, 4) is 5.75 Å². The molecule has 3 N–H and O–H groups in total. The van der Waals surface area contributed by atoms with Crippen molar-refractivity contribution in [1.82, 2.24) is 10.6 Å². The number of aliphatic hydroxyl groups is 1. The molecule has 8 nitrogen and oxygen atoms in total. The van der Waals surface area contributed by atoms with E-state index in [4.69, 9.17) is 9.47 Å². The van der Waals surface area contributed by atoms with Gasteiger partial charge in [0.15, 0.2) is 0 Å². The van der Waals surface area contributed by atoms with Gasteiger partial charge in [0.25, 0.3) is 0 Å². The molecule has 1 saturated carbocycles. The van der Waals surface area contributed by atoms with Gasteiger partial charge in [-0.15, -0.1) is 0 Å². The SMILES string of the molecule is CNC(=O)C(Cc1ccc(OC)cc1)NC(=O)C1(CC(CCO)C(=O)OC(C)(C)C)CCCCC1. The molecule has 35 heavy (non-hydrogen) atoms. The summed E-state index contributed by atoms with van der Waals surface area (Å²) in [4.78, 5) is 39.4. The molecule has 1 aliphatic carbocycles. The predicted molar refractivity (Wildman–Crippen MR) is 134 cm³/mol. The lowest BCUT2D eigenvalue weighted by atomic mass is 9.67. The Balaban J connectivity index is 2.25. The summed E-state index contributed by atoms with van der Waals surface area (Å²) in [5.41, 5.74) is -0.555. The van der Waals surface area contributed by atoms with E-state index in [1.54, 1.807) is 34.9 Å². The summed E-state index contributed by atoms with van der Waals surface area (Å²) in [5, 5.41) is 15.3. The van der Waals surface area contributed by atoms with E-state index in [2.05, 4.69) is 10.6 Å². The van der Waals surface area contributed by atoms with Crippen LogP contribution in [0.15, 0.2) is 24.3 Å². The first-order chi connectivity index (χ1) is 16.5. The second kappa shape index (κ2) is 12.9. The highest BCUT2D eigenvalue weighted by Gasteiger charge is 2.44. The first kappa shape index (κ1) is 28.6. The molecule has 2 rings (SSSR count). The first-order valence-electron chi connectivity index (χ1n) is 12.5. The lowest BCUT2D eigenvalue weighted by Gasteiger charge is -2.39. The summed E-state index contributed by atoms with van der Waals surface area (Å²) in [6.45, 7) is 5.24. The van der Waals surface area contributed by atoms with Crippen molar-refractivity contribution in [3.05, 3.63) is 29.8 Å². The minimum atomic E-state index is -0.791. The Kier molecular flexibility index (Phi) is 10.6. The minimum absolute atomic E-state index is 0.167. The van der Waals surface area contributed by atoms with Crippen molar-refractivity contribution in [3.63, 3.8) is 0 Å². The molecule has 8 heteroatoms. The van der Waals surface area contributed by atoms with Crippen molar-refractivity contribution in [2.75, 3.05) is 20.8 Å². The Labute approximate surface area is 209 Å². The highest BCUT2D eigenvalue weighted by molar-refractivity contribution is 5.90. The average molecular weight is 491 g/mol. The molecule has 0 heterocycles. The molecule has 2 amide bonds. The number of amides is 2. The van der Waals surface area contributed by atoms with E-state index in [-0.39, 0.29) is 31.3 Å². The molecule has 0 bridgehead atoms. The summed E-state index contributed by atoms with van der Waals surface area (Å²) in [6, 6.07) is 6.63. The molecular weight excluding hydrogens is 448 g/mol. The second-order valence-electron chi connectivity index (χ2n) is 10.5. The van der Waals surface area contributed by atoms with Crippen LogP contribution in [0.1, 0.15) is 71.3 Å². The van der Waals surface area contributed by atoms with Crippen molar-refractivity contribution in [2.24, 2.45) is 11.3 Å². The molecule has 0 aromatic heterocycles. The van der Waals surface area contributed by atoms with Gasteiger partial charge in [-0.3, -0.25) is 14.4 Å². The van der Waals surface area contributed by atoms with Crippen LogP contribution in [0.5, 0.6) is 5.75 Å². The molecule has 1 aromatic carbocycles. The molecule has 1 aromatic rings. The van der Waals surface area contributed by atoms with E-state index in [0.29, 0.717) is 25.0 Å². The van der Waals surface area contributed by atoms with E-state index in [1.807, 2.05) is 24.3 Å². The average Bonchev–Trinajstić information content (AvgIpc) is 2.82. The van der Waals surface area contributed by atoms with Crippen LogP contribution in [0.25, 0.3) is 0 Å². The zero-order valence-electron chi connectivity index (χ0n) is 21.8. The van der Waals surface area contributed by atoms with Gasteiger partial charge in [-0.1, -0.05) is 31.4 Å². The first-order valence-corrected chi connectivity index (χ1v) is 12.5. The van der Waals surface area contributed by atoms with Gasteiger partial charge < -0.3 is 25.2 Å². The number of nitrogens with one attached hydrogen (secondary N) is 2. The van der Waals surface area contributed by atoms with Crippen LogP contribution in [0.2, 0.25) is 0 Å². The molecule has 0 aliphatic heterocycles. The van der Waals surface area contributed by atoms with Crippen LogP contribution in [-0.4, -0.2) is 55.3 Å². The number of carbonyl (C=O) groups is 3. The zero-order chi connectivity index (χ0) is 26.1. The van der Waals surface area contributed by atoms with E-state index >= 15 is 0 Å². The zero-order valence-corrected chi connectivity index (χ0v) is 21.8. The standard InChI is InChI=1S/C27H42N2O6/c1-26(2,3)35-24(32)20(13-16-30)18-27(14-7-6-8-15-27)25(33)29-22(23(31)28-4)17-19-9-11-21(34-5)12-10-19/h9-12,20,22,30H,6-8,13-18H2,1-5H3,(H,28,31)(H,29,33). The number of carbonyl (C=O) groups excluding carboxylic acids is 3. The van der Waals surface area contributed by atoms with Crippen LogP contribution < -0.4 is 15.4 Å². The number of rotatable bonds is 11. The molecule has 0 radical (unpaired) electrons. The molecule has 1 fully saturated rings. The van der Waals surface area contributed by atoms with Gasteiger partial charge in [-0.05, 0) is 64.2 Å². The number of hydrogen-bond donors (Lipinski definition) is 3. The van der Waals surface area contributed by atoms with Crippen molar-refractivity contribution >= 4 is 17.8 Å². The quantitative estimate of drug-likeness (QED) is 0.411. The fourth-order valence-corrected chi connectivity index (χ4v) is 4.76. The third-order valence-corrected chi connectivity index (χ3v) is 6.61. The third kappa shape index (κ3) is 8.53. The third-order valence-electron chi connectivity index (χ3n) is 6.61. The number of esters is 1. The molecule has 2 atom stereocenters. The van der Waals surface area contributed by atoms with Crippen LogP contribution >= 0.6 is 0 Å². The van der Waals surface area contributed by atoms with Crippen LogP contribution in [0.3, 0.4) is 0 Å². The van der Waals surface area contributed by atoms with Gasteiger partial charge in [0.1, 0.15) is 17.4 Å².